The van der Waals surface area contributed by atoms with E-state index in [9.17, 15) is 4.79 Å². The van der Waals surface area contributed by atoms with Crippen LogP contribution in [0.4, 0.5) is 0 Å². The third kappa shape index (κ3) is 5.41. The summed E-state index contributed by atoms with van der Waals surface area (Å²) in [6.45, 7) is 5.15. The van der Waals surface area contributed by atoms with Crippen molar-refractivity contribution in [3.05, 3.63) is 71.3 Å². The first-order valence-corrected chi connectivity index (χ1v) is 9.37. The van der Waals surface area contributed by atoms with Crippen LogP contribution in [-0.2, 0) is 13.1 Å². The lowest BCUT2D eigenvalue weighted by Gasteiger charge is -2.34. The number of aromatic carboxylic acids is 1. The molecule has 1 fully saturated rings. The zero-order valence-corrected chi connectivity index (χ0v) is 15.5. The minimum Gasteiger partial charge on any atom is -0.478 e. The van der Waals surface area contributed by atoms with Crippen molar-refractivity contribution in [1.82, 2.24) is 9.80 Å². The molecular weight excluding hydrogens is 324 g/mol. The van der Waals surface area contributed by atoms with Crippen LogP contribution in [0, 0.1) is 5.92 Å². The summed E-state index contributed by atoms with van der Waals surface area (Å²) in [5.74, 6) is -0.114. The standard InChI is InChI=1S/C22H28N2O2/c1-23(15-18-6-3-2-4-7-18)16-19-10-12-24(13-11-19)17-20-8-5-9-21(14-20)22(25)26/h2-9,14,19H,10-13,15-17H2,1H3,(H,25,26). The van der Waals surface area contributed by atoms with Crippen molar-refractivity contribution >= 4 is 5.97 Å². The lowest BCUT2D eigenvalue weighted by molar-refractivity contribution is 0.0696. The predicted octanol–water partition coefficient (Wildman–Crippen LogP) is 3.73. The Hall–Kier alpha value is -2.17. The number of piperidine rings is 1. The molecule has 4 heteroatoms. The highest BCUT2D eigenvalue weighted by Gasteiger charge is 2.20. The predicted molar refractivity (Wildman–Crippen MR) is 104 cm³/mol. The van der Waals surface area contributed by atoms with E-state index in [4.69, 9.17) is 5.11 Å². The molecule has 0 bridgehead atoms. The fraction of sp³-hybridized carbons (Fsp3) is 0.409. The zero-order valence-electron chi connectivity index (χ0n) is 15.5. The van der Waals surface area contributed by atoms with Gasteiger partial charge in [-0.15, -0.1) is 0 Å². The average molecular weight is 352 g/mol. The van der Waals surface area contributed by atoms with E-state index in [-0.39, 0.29) is 0 Å². The fourth-order valence-corrected chi connectivity index (χ4v) is 3.79. The molecular formula is C22H28N2O2. The van der Waals surface area contributed by atoms with Gasteiger partial charge in [0.25, 0.3) is 0 Å². The number of likely N-dealkylation sites (tertiary alicyclic amines) is 1. The van der Waals surface area contributed by atoms with E-state index < -0.39 is 5.97 Å². The molecule has 0 atom stereocenters. The van der Waals surface area contributed by atoms with Crippen LogP contribution in [0.2, 0.25) is 0 Å². The molecule has 26 heavy (non-hydrogen) atoms. The van der Waals surface area contributed by atoms with Gasteiger partial charge in [-0.2, -0.15) is 0 Å². The molecule has 0 aliphatic carbocycles. The van der Waals surface area contributed by atoms with Crippen LogP contribution < -0.4 is 0 Å². The van der Waals surface area contributed by atoms with Crippen LogP contribution in [-0.4, -0.2) is 47.6 Å². The van der Waals surface area contributed by atoms with E-state index in [0.717, 1.165) is 44.2 Å². The molecule has 1 aliphatic rings. The van der Waals surface area contributed by atoms with Crippen LogP contribution in [0.5, 0.6) is 0 Å². The summed E-state index contributed by atoms with van der Waals surface area (Å²) in [5.41, 5.74) is 2.83. The van der Waals surface area contributed by atoms with Crippen molar-refractivity contribution < 1.29 is 9.90 Å². The van der Waals surface area contributed by atoms with E-state index in [2.05, 4.69) is 47.2 Å². The molecule has 0 amide bonds. The number of carboxylic acid groups (broad SMARTS) is 1. The highest BCUT2D eigenvalue weighted by atomic mass is 16.4. The Balaban J connectivity index is 1.44. The molecule has 1 aliphatic heterocycles. The lowest BCUT2D eigenvalue weighted by Crippen LogP contribution is -2.37. The van der Waals surface area contributed by atoms with E-state index in [0.29, 0.717) is 5.56 Å². The van der Waals surface area contributed by atoms with Gasteiger partial charge in [0.2, 0.25) is 0 Å². The molecule has 2 aromatic carbocycles. The maximum absolute atomic E-state index is 11.1. The Labute approximate surface area is 156 Å². The van der Waals surface area contributed by atoms with Crippen molar-refractivity contribution in [1.29, 1.82) is 0 Å². The van der Waals surface area contributed by atoms with Crippen LogP contribution in [0.15, 0.2) is 54.6 Å². The van der Waals surface area contributed by atoms with Gasteiger partial charge in [0.05, 0.1) is 5.56 Å². The Kier molecular flexibility index (Phi) is 6.42. The summed E-state index contributed by atoms with van der Waals surface area (Å²) in [4.78, 5) is 16.0. The van der Waals surface area contributed by atoms with Gasteiger partial charge in [-0.25, -0.2) is 4.79 Å². The maximum Gasteiger partial charge on any atom is 0.335 e. The van der Waals surface area contributed by atoms with Gasteiger partial charge in [-0.3, -0.25) is 4.90 Å². The largest absolute Gasteiger partial charge is 0.478 e. The van der Waals surface area contributed by atoms with E-state index in [1.807, 2.05) is 12.1 Å². The molecule has 138 valence electrons. The lowest BCUT2D eigenvalue weighted by atomic mass is 9.95. The summed E-state index contributed by atoms with van der Waals surface area (Å²) in [5, 5.41) is 9.12. The summed E-state index contributed by atoms with van der Waals surface area (Å²) < 4.78 is 0. The number of nitrogens with zero attached hydrogens (tertiary/aromatic N) is 2. The van der Waals surface area contributed by atoms with Gasteiger partial charge in [0, 0.05) is 19.6 Å². The normalized spacial score (nSPS) is 16.1. The number of carboxylic acids is 1. The summed E-state index contributed by atoms with van der Waals surface area (Å²) in [6.07, 6.45) is 2.41. The number of rotatable bonds is 7. The van der Waals surface area contributed by atoms with Gasteiger partial charge in [-0.1, -0.05) is 42.5 Å². The van der Waals surface area contributed by atoms with Gasteiger partial charge in [0.15, 0.2) is 0 Å². The van der Waals surface area contributed by atoms with E-state index in [1.54, 1.807) is 12.1 Å². The van der Waals surface area contributed by atoms with Crippen molar-refractivity contribution in [2.45, 2.75) is 25.9 Å². The summed E-state index contributed by atoms with van der Waals surface area (Å²) in [6, 6.07) is 17.9. The van der Waals surface area contributed by atoms with Gasteiger partial charge in [-0.05, 0) is 62.2 Å². The first-order valence-electron chi connectivity index (χ1n) is 9.37. The second kappa shape index (κ2) is 8.97. The topological polar surface area (TPSA) is 43.8 Å². The molecule has 1 saturated heterocycles. The minimum absolute atomic E-state index is 0.375. The summed E-state index contributed by atoms with van der Waals surface area (Å²) >= 11 is 0. The Morgan fingerprint density at radius 1 is 1.08 bits per heavy atom. The van der Waals surface area contributed by atoms with Crippen molar-refractivity contribution in [3.8, 4) is 0 Å². The zero-order chi connectivity index (χ0) is 18.4. The number of benzene rings is 2. The first-order chi connectivity index (χ1) is 12.6. The number of hydrogen-bond acceptors (Lipinski definition) is 3. The molecule has 0 saturated carbocycles. The average Bonchev–Trinajstić information content (AvgIpc) is 2.64. The van der Waals surface area contributed by atoms with Gasteiger partial charge in [0.1, 0.15) is 0 Å². The van der Waals surface area contributed by atoms with Crippen LogP contribution in [0.3, 0.4) is 0 Å². The quantitative estimate of drug-likeness (QED) is 0.825. The van der Waals surface area contributed by atoms with Crippen molar-refractivity contribution in [2.24, 2.45) is 5.92 Å². The SMILES string of the molecule is CN(Cc1ccccc1)CC1CCN(Cc2cccc(C(=O)O)c2)CC1. The van der Waals surface area contributed by atoms with Crippen LogP contribution >= 0.6 is 0 Å². The molecule has 4 nitrogen and oxygen atoms in total. The minimum atomic E-state index is -0.855. The van der Waals surface area contributed by atoms with Crippen LogP contribution in [0.1, 0.15) is 34.3 Å². The molecule has 0 unspecified atom stereocenters. The highest BCUT2D eigenvalue weighted by Crippen LogP contribution is 2.21. The third-order valence-electron chi connectivity index (χ3n) is 5.15. The van der Waals surface area contributed by atoms with E-state index >= 15 is 0 Å². The summed E-state index contributed by atoms with van der Waals surface area (Å²) in [7, 11) is 2.21. The molecule has 0 spiro atoms. The van der Waals surface area contributed by atoms with E-state index in [1.165, 1.54) is 18.4 Å². The first kappa shape index (κ1) is 18.6. The number of carbonyl (C=O) groups is 1. The Morgan fingerprint density at radius 3 is 2.46 bits per heavy atom. The molecule has 0 radical (unpaired) electrons. The van der Waals surface area contributed by atoms with Gasteiger partial charge >= 0.3 is 5.97 Å². The molecule has 0 aromatic heterocycles. The smallest absolute Gasteiger partial charge is 0.335 e. The maximum atomic E-state index is 11.1. The molecule has 3 rings (SSSR count). The van der Waals surface area contributed by atoms with Crippen LogP contribution in [0.25, 0.3) is 0 Å². The van der Waals surface area contributed by atoms with Gasteiger partial charge < -0.3 is 10.0 Å². The number of hydrogen-bond donors (Lipinski definition) is 1. The highest BCUT2D eigenvalue weighted by molar-refractivity contribution is 5.87. The Morgan fingerprint density at radius 2 is 1.77 bits per heavy atom. The molecule has 1 N–H and O–H groups in total. The second-order valence-corrected chi connectivity index (χ2v) is 7.41. The Bertz CT molecular complexity index is 709. The monoisotopic (exact) mass is 352 g/mol. The molecule has 1 heterocycles. The molecule has 2 aromatic rings. The van der Waals surface area contributed by atoms with Crippen molar-refractivity contribution in [3.63, 3.8) is 0 Å². The third-order valence-corrected chi connectivity index (χ3v) is 5.15. The van der Waals surface area contributed by atoms with Crippen molar-refractivity contribution in [2.75, 3.05) is 26.7 Å². The second-order valence-electron chi connectivity index (χ2n) is 7.41. The fourth-order valence-electron chi connectivity index (χ4n) is 3.79.